The fourth-order valence-electron chi connectivity index (χ4n) is 2.09. The van der Waals surface area contributed by atoms with Crippen molar-refractivity contribution in [2.45, 2.75) is 27.2 Å². The van der Waals surface area contributed by atoms with Gasteiger partial charge in [-0.15, -0.1) is 0 Å². The van der Waals surface area contributed by atoms with Crippen molar-refractivity contribution in [2.24, 2.45) is 5.92 Å². The van der Waals surface area contributed by atoms with Crippen molar-refractivity contribution >= 4 is 28.9 Å². The summed E-state index contributed by atoms with van der Waals surface area (Å²) >= 11 is 5.20. The molecule has 0 spiro atoms. The molecule has 0 aliphatic heterocycles. The van der Waals surface area contributed by atoms with Crippen LogP contribution >= 0.6 is 12.2 Å². The topological polar surface area (TPSA) is 50.4 Å². The first-order chi connectivity index (χ1) is 11.9. The molecule has 2 aromatic rings. The zero-order chi connectivity index (χ0) is 18.2. The van der Waals surface area contributed by atoms with Crippen LogP contribution in [0.15, 0.2) is 48.5 Å². The smallest absolute Gasteiger partial charge is 0.257 e. The summed E-state index contributed by atoms with van der Waals surface area (Å²) in [7, 11) is 0. The number of anilines is 1. The van der Waals surface area contributed by atoms with Gasteiger partial charge in [-0.2, -0.15) is 0 Å². The van der Waals surface area contributed by atoms with Gasteiger partial charge in [0.05, 0.1) is 6.61 Å². The van der Waals surface area contributed by atoms with Crippen molar-refractivity contribution in [1.29, 1.82) is 0 Å². The molecule has 0 atom stereocenters. The third kappa shape index (κ3) is 6.55. The number of hydrogen-bond donors (Lipinski definition) is 2. The van der Waals surface area contributed by atoms with Crippen LogP contribution in [0.25, 0.3) is 0 Å². The van der Waals surface area contributed by atoms with Gasteiger partial charge in [-0.25, -0.2) is 0 Å². The van der Waals surface area contributed by atoms with E-state index in [0.717, 1.165) is 23.4 Å². The van der Waals surface area contributed by atoms with Gasteiger partial charge < -0.3 is 10.1 Å². The van der Waals surface area contributed by atoms with Crippen molar-refractivity contribution in [1.82, 2.24) is 5.32 Å². The number of carbonyl (C=O) groups is 1. The second-order valence-electron chi connectivity index (χ2n) is 6.33. The van der Waals surface area contributed by atoms with Gasteiger partial charge in [0.1, 0.15) is 5.75 Å². The molecule has 0 radical (unpaired) electrons. The Morgan fingerprint density at radius 1 is 1.08 bits per heavy atom. The molecule has 2 rings (SSSR count). The first-order valence-corrected chi connectivity index (χ1v) is 8.76. The van der Waals surface area contributed by atoms with Gasteiger partial charge in [0.15, 0.2) is 5.11 Å². The average Bonchev–Trinajstić information content (AvgIpc) is 2.56. The Morgan fingerprint density at radius 3 is 2.32 bits per heavy atom. The minimum atomic E-state index is -0.230. The molecule has 0 aromatic heterocycles. The van der Waals surface area contributed by atoms with E-state index in [0.29, 0.717) is 18.1 Å². The summed E-state index contributed by atoms with van der Waals surface area (Å²) in [6, 6.07) is 14.8. The largest absolute Gasteiger partial charge is 0.494 e. The normalized spacial score (nSPS) is 10.4. The molecule has 4 nitrogen and oxygen atoms in total. The maximum Gasteiger partial charge on any atom is 0.257 e. The van der Waals surface area contributed by atoms with E-state index >= 15 is 0 Å². The molecule has 0 saturated carbocycles. The number of aryl methyl sites for hydroxylation is 1. The van der Waals surface area contributed by atoms with E-state index in [-0.39, 0.29) is 11.0 Å². The van der Waals surface area contributed by atoms with Gasteiger partial charge in [-0.05, 0) is 67.9 Å². The third-order valence-corrected chi connectivity index (χ3v) is 3.82. The van der Waals surface area contributed by atoms with Crippen LogP contribution < -0.4 is 15.4 Å². The summed E-state index contributed by atoms with van der Waals surface area (Å²) in [5.74, 6) is 1.21. The van der Waals surface area contributed by atoms with Crippen molar-refractivity contribution in [3.05, 3.63) is 59.7 Å². The van der Waals surface area contributed by atoms with E-state index in [1.807, 2.05) is 43.3 Å². The van der Waals surface area contributed by atoms with Gasteiger partial charge in [0, 0.05) is 11.3 Å². The lowest BCUT2D eigenvalue weighted by atomic mass is 10.1. The molecular weight excluding hydrogens is 332 g/mol. The Labute approximate surface area is 154 Å². The first kappa shape index (κ1) is 18.9. The van der Waals surface area contributed by atoms with E-state index in [1.54, 1.807) is 12.1 Å². The Hall–Kier alpha value is -2.40. The van der Waals surface area contributed by atoms with E-state index < -0.39 is 0 Å². The lowest BCUT2D eigenvalue weighted by Crippen LogP contribution is -2.34. The zero-order valence-corrected chi connectivity index (χ0v) is 15.7. The highest BCUT2D eigenvalue weighted by molar-refractivity contribution is 7.80. The highest BCUT2D eigenvalue weighted by Gasteiger charge is 2.07. The van der Waals surface area contributed by atoms with E-state index in [2.05, 4.69) is 24.5 Å². The monoisotopic (exact) mass is 356 g/mol. The maximum atomic E-state index is 12.1. The SMILES string of the molecule is Cc1ccc(C(=O)NC(=S)Nc2ccc(OCCC(C)C)cc2)cc1. The second-order valence-corrected chi connectivity index (χ2v) is 6.74. The highest BCUT2D eigenvalue weighted by Crippen LogP contribution is 2.16. The summed E-state index contributed by atoms with van der Waals surface area (Å²) in [6.07, 6.45) is 1.02. The number of ether oxygens (including phenoxy) is 1. The Bertz CT molecular complexity index is 709. The van der Waals surface area contributed by atoms with Crippen molar-refractivity contribution in [2.75, 3.05) is 11.9 Å². The predicted molar refractivity (Wildman–Crippen MR) is 106 cm³/mol. The summed E-state index contributed by atoms with van der Waals surface area (Å²) in [4.78, 5) is 12.1. The minimum absolute atomic E-state index is 0.230. The maximum absolute atomic E-state index is 12.1. The summed E-state index contributed by atoms with van der Waals surface area (Å²) in [6.45, 7) is 7.02. The zero-order valence-electron chi connectivity index (χ0n) is 14.8. The molecule has 0 bridgehead atoms. The van der Waals surface area contributed by atoms with Crippen molar-refractivity contribution in [3.63, 3.8) is 0 Å². The number of carbonyl (C=O) groups excluding carboxylic acids is 1. The van der Waals surface area contributed by atoms with Crippen LogP contribution in [0.1, 0.15) is 36.2 Å². The van der Waals surface area contributed by atoms with Crippen molar-refractivity contribution in [3.8, 4) is 5.75 Å². The lowest BCUT2D eigenvalue weighted by Gasteiger charge is -2.11. The van der Waals surface area contributed by atoms with Gasteiger partial charge >= 0.3 is 0 Å². The molecule has 1 amide bonds. The lowest BCUT2D eigenvalue weighted by molar-refractivity contribution is 0.0977. The Kier molecular flexibility index (Phi) is 6.95. The number of thiocarbonyl (C=S) groups is 1. The molecule has 5 heteroatoms. The third-order valence-electron chi connectivity index (χ3n) is 3.62. The predicted octanol–water partition coefficient (Wildman–Crippen LogP) is 4.55. The summed E-state index contributed by atoms with van der Waals surface area (Å²) in [5, 5.41) is 5.94. The van der Waals surface area contributed by atoms with Gasteiger partial charge in [0.2, 0.25) is 0 Å². The Balaban J connectivity index is 1.83. The summed E-state index contributed by atoms with van der Waals surface area (Å²) in [5.41, 5.74) is 2.47. The molecule has 0 fully saturated rings. The molecule has 2 aromatic carbocycles. The van der Waals surface area contributed by atoms with E-state index in [9.17, 15) is 4.79 Å². The summed E-state index contributed by atoms with van der Waals surface area (Å²) < 4.78 is 5.68. The minimum Gasteiger partial charge on any atom is -0.494 e. The number of amides is 1. The second kappa shape index (κ2) is 9.18. The fraction of sp³-hybridized carbons (Fsp3) is 0.300. The Morgan fingerprint density at radius 2 is 1.72 bits per heavy atom. The van der Waals surface area contributed by atoms with E-state index in [1.165, 1.54) is 0 Å². The van der Waals surface area contributed by atoms with E-state index in [4.69, 9.17) is 17.0 Å². The van der Waals surface area contributed by atoms with Crippen molar-refractivity contribution < 1.29 is 9.53 Å². The highest BCUT2D eigenvalue weighted by atomic mass is 32.1. The molecule has 0 aliphatic rings. The molecule has 0 heterocycles. The molecule has 132 valence electrons. The molecular formula is C20H24N2O2S. The molecule has 0 aliphatic carbocycles. The van der Waals surface area contributed by atoms with Gasteiger partial charge in [0.25, 0.3) is 5.91 Å². The van der Waals surface area contributed by atoms with Crippen LogP contribution in [0.2, 0.25) is 0 Å². The van der Waals surface area contributed by atoms with Gasteiger partial charge in [-0.1, -0.05) is 31.5 Å². The number of benzene rings is 2. The van der Waals surface area contributed by atoms with Crippen LogP contribution in [0.4, 0.5) is 5.69 Å². The van der Waals surface area contributed by atoms with Crippen LogP contribution in [0.3, 0.4) is 0 Å². The standard InChI is InChI=1S/C20H24N2O2S/c1-14(2)12-13-24-18-10-8-17(9-11-18)21-20(25)22-19(23)16-6-4-15(3)5-7-16/h4-11,14H,12-13H2,1-3H3,(H2,21,22,23,25). The molecule has 25 heavy (non-hydrogen) atoms. The average molecular weight is 356 g/mol. The quantitative estimate of drug-likeness (QED) is 0.746. The first-order valence-electron chi connectivity index (χ1n) is 8.36. The van der Waals surface area contributed by atoms with Crippen LogP contribution in [-0.2, 0) is 0 Å². The molecule has 2 N–H and O–H groups in total. The number of nitrogens with one attached hydrogen (secondary N) is 2. The number of rotatable bonds is 6. The molecule has 0 unspecified atom stereocenters. The van der Waals surface area contributed by atoms with Crippen LogP contribution in [0, 0.1) is 12.8 Å². The molecule has 0 saturated heterocycles. The van der Waals surface area contributed by atoms with Gasteiger partial charge in [-0.3, -0.25) is 10.1 Å². The number of hydrogen-bond acceptors (Lipinski definition) is 3. The van der Waals surface area contributed by atoms with Crippen LogP contribution in [-0.4, -0.2) is 17.6 Å². The van der Waals surface area contributed by atoms with Crippen LogP contribution in [0.5, 0.6) is 5.75 Å². The fourth-order valence-corrected chi connectivity index (χ4v) is 2.30.